The Morgan fingerprint density at radius 1 is 1.09 bits per heavy atom. The van der Waals surface area contributed by atoms with Gasteiger partial charge in [-0.25, -0.2) is 9.97 Å². The van der Waals surface area contributed by atoms with Gasteiger partial charge in [-0.2, -0.15) is 13.2 Å². The van der Waals surface area contributed by atoms with Crippen LogP contribution in [0.3, 0.4) is 0 Å². The van der Waals surface area contributed by atoms with Crippen molar-refractivity contribution in [2.45, 2.75) is 13.1 Å². The second-order valence-corrected chi connectivity index (χ2v) is 4.81. The number of nitrogens with zero attached hydrogens (tertiary/aromatic N) is 2. The maximum Gasteiger partial charge on any atom is 0.416 e. The Kier molecular flexibility index (Phi) is 5.38. The molecular formula is C15H17F3N4O. The molecule has 0 atom stereocenters. The molecule has 23 heavy (non-hydrogen) atoms. The van der Waals surface area contributed by atoms with Crippen molar-refractivity contribution in [2.24, 2.45) is 0 Å². The molecule has 0 aliphatic rings. The summed E-state index contributed by atoms with van der Waals surface area (Å²) in [7, 11) is 1.60. The van der Waals surface area contributed by atoms with Crippen molar-refractivity contribution >= 4 is 17.3 Å². The van der Waals surface area contributed by atoms with Crippen molar-refractivity contribution in [1.82, 2.24) is 9.97 Å². The van der Waals surface area contributed by atoms with E-state index in [0.717, 1.165) is 12.1 Å². The summed E-state index contributed by atoms with van der Waals surface area (Å²) in [5.74, 6) is 1.66. The highest BCUT2D eigenvalue weighted by Gasteiger charge is 2.29. The fourth-order valence-electron chi connectivity index (χ4n) is 1.89. The summed E-state index contributed by atoms with van der Waals surface area (Å²) in [5, 5.41) is 6.04. The zero-order chi connectivity index (χ0) is 16.9. The molecule has 8 heteroatoms. The van der Waals surface area contributed by atoms with Crippen LogP contribution in [-0.4, -0.2) is 30.2 Å². The lowest BCUT2D eigenvalue weighted by Gasteiger charge is -2.11. The molecule has 2 rings (SSSR count). The van der Waals surface area contributed by atoms with E-state index in [2.05, 4.69) is 20.6 Å². The first kappa shape index (κ1) is 17.0. The summed E-state index contributed by atoms with van der Waals surface area (Å²) >= 11 is 0. The molecule has 1 aromatic heterocycles. The lowest BCUT2D eigenvalue weighted by atomic mass is 10.2. The Bertz CT molecular complexity index is 644. The van der Waals surface area contributed by atoms with Gasteiger partial charge in [0.2, 0.25) is 0 Å². The molecule has 1 heterocycles. The molecule has 1 aromatic carbocycles. The maximum atomic E-state index is 12.5. The number of alkyl halides is 3. The fourth-order valence-corrected chi connectivity index (χ4v) is 1.89. The average Bonchev–Trinajstić information content (AvgIpc) is 2.46. The van der Waals surface area contributed by atoms with Gasteiger partial charge < -0.3 is 15.4 Å². The first-order valence-electron chi connectivity index (χ1n) is 6.91. The first-order valence-corrected chi connectivity index (χ1v) is 6.91. The van der Waals surface area contributed by atoms with Crippen molar-refractivity contribution in [3.63, 3.8) is 0 Å². The summed E-state index contributed by atoms with van der Waals surface area (Å²) in [6, 6.07) is 6.44. The number of anilines is 3. The Hall–Kier alpha value is -2.35. The van der Waals surface area contributed by atoms with E-state index >= 15 is 0 Å². The number of aromatic nitrogens is 2. The molecule has 0 amide bonds. The van der Waals surface area contributed by atoms with Gasteiger partial charge in [0, 0.05) is 25.4 Å². The molecule has 0 aliphatic heterocycles. The summed E-state index contributed by atoms with van der Waals surface area (Å²) in [5.41, 5.74) is -0.178. The molecule has 0 saturated carbocycles. The number of hydrogen-bond acceptors (Lipinski definition) is 5. The van der Waals surface area contributed by atoms with Crippen LogP contribution in [0.1, 0.15) is 11.4 Å². The Labute approximate surface area is 131 Å². The predicted molar refractivity (Wildman–Crippen MR) is 81.9 cm³/mol. The van der Waals surface area contributed by atoms with Crippen LogP contribution in [-0.2, 0) is 10.9 Å². The van der Waals surface area contributed by atoms with E-state index in [-0.39, 0.29) is 0 Å². The third-order valence-electron chi connectivity index (χ3n) is 2.93. The number of methoxy groups -OCH3 is 1. The van der Waals surface area contributed by atoms with E-state index in [0.29, 0.717) is 36.3 Å². The maximum absolute atomic E-state index is 12.5. The third-order valence-corrected chi connectivity index (χ3v) is 2.93. The van der Waals surface area contributed by atoms with E-state index in [9.17, 15) is 13.2 Å². The predicted octanol–water partition coefficient (Wildman–Crippen LogP) is 3.61. The quantitative estimate of drug-likeness (QED) is 0.794. The molecule has 2 aromatic rings. The van der Waals surface area contributed by atoms with Crippen LogP contribution in [0.2, 0.25) is 0 Å². The Morgan fingerprint density at radius 2 is 1.74 bits per heavy atom. The second-order valence-electron chi connectivity index (χ2n) is 4.81. The number of aryl methyl sites for hydroxylation is 1. The topological polar surface area (TPSA) is 59.1 Å². The van der Waals surface area contributed by atoms with Crippen LogP contribution in [0.25, 0.3) is 0 Å². The highest BCUT2D eigenvalue weighted by Crippen LogP contribution is 2.30. The van der Waals surface area contributed by atoms with Crippen molar-refractivity contribution in [3.05, 3.63) is 41.7 Å². The standard InChI is InChI=1S/C15H17F3N4O/c1-10-20-13(19-7-8-23-2)9-14(21-10)22-12-5-3-11(4-6-12)15(16,17)18/h3-6,9H,7-8H2,1-2H3,(H2,19,20,21,22). The number of ether oxygens (including phenoxy) is 1. The van der Waals surface area contributed by atoms with Gasteiger partial charge in [-0.15, -0.1) is 0 Å². The molecule has 2 N–H and O–H groups in total. The largest absolute Gasteiger partial charge is 0.416 e. The van der Waals surface area contributed by atoms with Crippen LogP contribution in [0.15, 0.2) is 30.3 Å². The smallest absolute Gasteiger partial charge is 0.383 e. The van der Waals surface area contributed by atoms with Gasteiger partial charge in [-0.3, -0.25) is 0 Å². The van der Waals surface area contributed by atoms with E-state index in [1.54, 1.807) is 20.1 Å². The van der Waals surface area contributed by atoms with Gasteiger partial charge in [0.15, 0.2) is 0 Å². The molecule has 0 unspecified atom stereocenters. The van der Waals surface area contributed by atoms with Crippen molar-refractivity contribution in [1.29, 1.82) is 0 Å². The normalized spacial score (nSPS) is 11.3. The average molecular weight is 326 g/mol. The lowest BCUT2D eigenvalue weighted by molar-refractivity contribution is -0.137. The van der Waals surface area contributed by atoms with Gasteiger partial charge in [-0.05, 0) is 31.2 Å². The van der Waals surface area contributed by atoms with Gasteiger partial charge >= 0.3 is 6.18 Å². The second kappa shape index (κ2) is 7.28. The summed E-state index contributed by atoms with van der Waals surface area (Å²) in [4.78, 5) is 8.44. The summed E-state index contributed by atoms with van der Waals surface area (Å²) in [6.07, 6.45) is -4.34. The third kappa shape index (κ3) is 5.10. The van der Waals surface area contributed by atoms with E-state index < -0.39 is 11.7 Å². The van der Waals surface area contributed by atoms with Crippen molar-refractivity contribution in [3.8, 4) is 0 Å². The molecule has 124 valence electrons. The summed E-state index contributed by atoms with van der Waals surface area (Å²) in [6.45, 7) is 2.86. The van der Waals surface area contributed by atoms with Crippen LogP contribution in [0.4, 0.5) is 30.5 Å². The number of halogens is 3. The lowest BCUT2D eigenvalue weighted by Crippen LogP contribution is -2.10. The van der Waals surface area contributed by atoms with Crippen LogP contribution < -0.4 is 10.6 Å². The SMILES string of the molecule is COCCNc1cc(Nc2ccc(C(F)(F)F)cc2)nc(C)n1. The van der Waals surface area contributed by atoms with E-state index in [4.69, 9.17) is 4.74 Å². The molecule has 0 spiro atoms. The first-order chi connectivity index (χ1) is 10.9. The monoisotopic (exact) mass is 326 g/mol. The highest BCUT2D eigenvalue weighted by molar-refractivity contribution is 5.59. The molecular weight excluding hydrogens is 309 g/mol. The van der Waals surface area contributed by atoms with Crippen molar-refractivity contribution in [2.75, 3.05) is 30.9 Å². The van der Waals surface area contributed by atoms with Gasteiger partial charge in [0.1, 0.15) is 17.5 Å². The van der Waals surface area contributed by atoms with Gasteiger partial charge in [0.05, 0.1) is 12.2 Å². The number of hydrogen-bond donors (Lipinski definition) is 2. The molecule has 0 aliphatic carbocycles. The number of nitrogens with one attached hydrogen (secondary N) is 2. The van der Waals surface area contributed by atoms with Gasteiger partial charge in [-0.1, -0.05) is 0 Å². The minimum atomic E-state index is -4.34. The van der Waals surface area contributed by atoms with E-state index in [1.807, 2.05) is 0 Å². The minimum absolute atomic E-state index is 0.497. The summed E-state index contributed by atoms with van der Waals surface area (Å²) < 4.78 is 42.6. The minimum Gasteiger partial charge on any atom is -0.383 e. The van der Waals surface area contributed by atoms with Crippen LogP contribution in [0.5, 0.6) is 0 Å². The molecule has 0 bridgehead atoms. The van der Waals surface area contributed by atoms with Gasteiger partial charge in [0.25, 0.3) is 0 Å². The molecule has 0 fully saturated rings. The Balaban J connectivity index is 2.10. The zero-order valence-corrected chi connectivity index (χ0v) is 12.7. The fraction of sp³-hybridized carbons (Fsp3) is 0.333. The Morgan fingerprint density at radius 3 is 2.35 bits per heavy atom. The van der Waals surface area contributed by atoms with E-state index in [1.165, 1.54) is 12.1 Å². The molecule has 0 saturated heterocycles. The van der Waals surface area contributed by atoms with Crippen LogP contribution >= 0.6 is 0 Å². The number of rotatable bonds is 6. The number of benzene rings is 1. The molecule has 5 nitrogen and oxygen atoms in total. The van der Waals surface area contributed by atoms with Crippen LogP contribution in [0, 0.1) is 6.92 Å². The highest BCUT2D eigenvalue weighted by atomic mass is 19.4. The van der Waals surface area contributed by atoms with Crippen molar-refractivity contribution < 1.29 is 17.9 Å². The zero-order valence-electron chi connectivity index (χ0n) is 12.7. The molecule has 0 radical (unpaired) electrons.